The van der Waals surface area contributed by atoms with E-state index in [1.54, 1.807) is 0 Å². The van der Waals surface area contributed by atoms with Crippen LogP contribution in [0.25, 0.3) is 0 Å². The van der Waals surface area contributed by atoms with E-state index in [-0.39, 0.29) is 120 Å². The second-order valence-corrected chi connectivity index (χ2v) is 15.8. The summed E-state index contributed by atoms with van der Waals surface area (Å²) in [5.74, 6) is -3.90. The van der Waals surface area contributed by atoms with Crippen LogP contribution in [0.2, 0.25) is 0 Å². The Bertz CT molecular complexity index is 2260. The molecular weight excluding hydrogens is 923 g/mol. The second kappa shape index (κ2) is 25.9. The lowest BCUT2D eigenvalue weighted by Gasteiger charge is -2.20. The number of guanidine groups is 2. The maximum atomic E-state index is 14.3. The van der Waals surface area contributed by atoms with Gasteiger partial charge < -0.3 is 66.3 Å². The number of anilines is 4. The number of carbonyl (C=O) groups is 5. The number of carbonyl (C=O) groups excluding carboxylic acids is 5. The van der Waals surface area contributed by atoms with E-state index in [0.29, 0.717) is 24.6 Å². The van der Waals surface area contributed by atoms with Crippen LogP contribution in [0.3, 0.4) is 0 Å². The van der Waals surface area contributed by atoms with Crippen LogP contribution < -0.4 is 66.3 Å². The van der Waals surface area contributed by atoms with Gasteiger partial charge in [-0.25, -0.2) is 0 Å². The van der Waals surface area contributed by atoms with Crippen molar-refractivity contribution >= 4 is 87.7 Å². The van der Waals surface area contributed by atoms with E-state index in [1.165, 1.54) is 18.2 Å². The van der Waals surface area contributed by atoms with Crippen molar-refractivity contribution in [3.63, 3.8) is 0 Å². The van der Waals surface area contributed by atoms with E-state index in [9.17, 15) is 50.3 Å². The van der Waals surface area contributed by atoms with Crippen LogP contribution in [0.1, 0.15) is 51.1 Å². The number of nitrogens with zero attached hydrogens (tertiary/aromatic N) is 2. The van der Waals surface area contributed by atoms with E-state index >= 15 is 0 Å². The van der Waals surface area contributed by atoms with Gasteiger partial charge in [-0.15, -0.1) is 23.5 Å². The van der Waals surface area contributed by atoms with Gasteiger partial charge in [-0.05, 0) is 55.3 Å². The molecule has 3 rings (SSSR count). The highest BCUT2D eigenvalue weighted by atomic mass is 32.2. The summed E-state index contributed by atoms with van der Waals surface area (Å²) in [4.78, 5) is 71.8. The summed E-state index contributed by atoms with van der Waals surface area (Å²) in [7, 11) is 0. The molecule has 0 aromatic heterocycles. The van der Waals surface area contributed by atoms with Gasteiger partial charge in [-0.1, -0.05) is 6.07 Å². The number of nitrogens with two attached hydrogens (primary N) is 6. The first-order valence-corrected chi connectivity index (χ1v) is 21.7. The molecule has 3 aromatic rings. The molecule has 360 valence electrons. The Morgan fingerprint density at radius 1 is 0.561 bits per heavy atom. The molecule has 0 radical (unpaired) electrons. The number of unbranched alkanes of at least 4 members (excludes halogenated alkanes) is 1. The largest absolute Gasteiger partial charge is 0.416 e. The average molecular weight is 973 g/mol. The molecule has 0 aliphatic carbocycles. The third-order valence-electron chi connectivity index (χ3n) is 8.53. The van der Waals surface area contributed by atoms with E-state index in [1.807, 2.05) is 0 Å². The number of aliphatic imine (C=N–C) groups is 2. The number of rotatable bonds is 24. The maximum Gasteiger partial charge on any atom is 0.416 e. The number of hydrogen-bond donors (Lipinski definition) is 12. The average Bonchev–Trinajstić information content (AvgIpc) is 3.25. The molecule has 0 unspecified atom stereocenters. The Morgan fingerprint density at radius 2 is 1.00 bits per heavy atom. The van der Waals surface area contributed by atoms with Crippen LogP contribution in [-0.2, 0) is 26.7 Å². The summed E-state index contributed by atoms with van der Waals surface area (Å²) < 4.78 is 85.5. The second-order valence-electron chi connectivity index (χ2n) is 13.6. The molecule has 3 aromatic carbocycles. The number of amides is 5. The molecular formula is C39H50F6N14O5S2. The normalized spacial score (nSPS) is 11.2. The highest BCUT2D eigenvalue weighted by Gasteiger charge is 2.34. The molecule has 0 saturated heterocycles. The molecule has 66 heavy (non-hydrogen) atoms. The van der Waals surface area contributed by atoms with Gasteiger partial charge in [0.25, 0.3) is 11.8 Å². The Hall–Kier alpha value is -6.45. The first kappa shape index (κ1) is 53.9. The lowest BCUT2D eigenvalue weighted by Crippen LogP contribution is -2.31. The lowest BCUT2D eigenvalue weighted by molar-refractivity contribution is -0.138. The summed E-state index contributed by atoms with van der Waals surface area (Å²) in [6.45, 7) is -0.445. The smallest absolute Gasteiger partial charge is 0.382 e. The van der Waals surface area contributed by atoms with E-state index in [0.717, 1.165) is 35.7 Å². The maximum absolute atomic E-state index is 14.3. The zero-order valence-corrected chi connectivity index (χ0v) is 36.7. The molecule has 0 saturated carbocycles. The van der Waals surface area contributed by atoms with E-state index in [4.69, 9.17) is 34.4 Å². The van der Waals surface area contributed by atoms with Gasteiger partial charge in [0.1, 0.15) is 0 Å². The molecule has 0 heterocycles. The number of thioether (sulfide) groups is 2. The molecule has 5 amide bonds. The fraction of sp³-hybridized carbons (Fsp3) is 0.359. The minimum Gasteiger partial charge on any atom is -0.382 e. The Labute approximate surface area is 382 Å². The predicted molar refractivity (Wildman–Crippen MR) is 243 cm³/mol. The van der Waals surface area contributed by atoms with Crippen molar-refractivity contribution in [2.24, 2.45) is 44.4 Å². The Kier molecular flexibility index (Phi) is 21.1. The van der Waals surface area contributed by atoms with Crippen molar-refractivity contribution in [3.05, 3.63) is 70.8 Å². The van der Waals surface area contributed by atoms with Crippen LogP contribution >= 0.6 is 23.5 Å². The van der Waals surface area contributed by atoms with Crippen molar-refractivity contribution in [1.82, 2.24) is 10.6 Å². The lowest BCUT2D eigenvalue weighted by atomic mass is 10.1. The molecule has 0 spiro atoms. The minimum absolute atomic E-state index is 0.00306. The number of alkyl halides is 6. The third kappa shape index (κ3) is 18.2. The van der Waals surface area contributed by atoms with E-state index < -0.39 is 58.7 Å². The highest BCUT2D eigenvalue weighted by Crippen LogP contribution is 2.43. The molecule has 27 heteroatoms. The third-order valence-corrected chi connectivity index (χ3v) is 10.8. The molecule has 0 aliphatic rings. The van der Waals surface area contributed by atoms with E-state index in [2.05, 4.69) is 41.9 Å². The first-order valence-electron chi connectivity index (χ1n) is 19.7. The zero-order valence-electron chi connectivity index (χ0n) is 35.1. The molecule has 0 aliphatic heterocycles. The molecule has 0 atom stereocenters. The van der Waals surface area contributed by atoms with Gasteiger partial charge in [-0.3, -0.25) is 34.0 Å². The van der Waals surface area contributed by atoms with Crippen molar-refractivity contribution in [1.29, 1.82) is 0 Å². The van der Waals surface area contributed by atoms with Crippen molar-refractivity contribution in [2.75, 3.05) is 78.6 Å². The fourth-order valence-corrected chi connectivity index (χ4v) is 7.42. The van der Waals surface area contributed by atoms with Gasteiger partial charge in [0.15, 0.2) is 11.9 Å². The van der Waals surface area contributed by atoms with Gasteiger partial charge >= 0.3 is 12.4 Å². The van der Waals surface area contributed by atoms with Crippen LogP contribution in [0.5, 0.6) is 0 Å². The van der Waals surface area contributed by atoms with Crippen molar-refractivity contribution in [2.45, 2.75) is 41.4 Å². The number of nitrogens with one attached hydrogen (secondary N) is 6. The van der Waals surface area contributed by atoms with Gasteiger partial charge in [-0.2, -0.15) is 26.3 Å². The summed E-state index contributed by atoms with van der Waals surface area (Å²) in [6, 6.07) is 7.68. The highest BCUT2D eigenvalue weighted by molar-refractivity contribution is 7.99. The Morgan fingerprint density at radius 3 is 1.45 bits per heavy atom. The van der Waals surface area contributed by atoms with Crippen LogP contribution in [0, 0.1) is 0 Å². The van der Waals surface area contributed by atoms with Crippen molar-refractivity contribution in [3.8, 4) is 0 Å². The topological polar surface area (TPSA) is 338 Å². The number of halogens is 6. The molecule has 0 fully saturated rings. The standard InChI is InChI=1S/C39H50F6N14O5S2/c40-38(41,42)23-15-25(52-8-9-56-37(50)51)32(65-12-10-53-30(61)19-46)27(17-23)58-34(63)21-4-3-5-22(14-21)35(64)59-28-18-24(39(43,44)45)16-26(33(28)66-13-11-54-31(62)20-47)57-29(60)6-1-2-7-55-36(48)49/h3-5,14-18,52H,1-2,6-13,19-20,46-47H2,(H,53,61)(H,54,62)(H,57,60)(H,58,63)(H,59,64)(H4,48,49,55)(H4,50,51,56). The van der Waals surface area contributed by atoms with Crippen molar-refractivity contribution < 1.29 is 50.3 Å². The quantitative estimate of drug-likeness (QED) is 0.0202. The summed E-state index contributed by atoms with van der Waals surface area (Å²) >= 11 is 1.88. The number of benzene rings is 3. The van der Waals surface area contributed by atoms with Gasteiger partial charge in [0, 0.05) is 55.2 Å². The Balaban J connectivity index is 2.02. The molecule has 18 N–H and O–H groups in total. The van der Waals surface area contributed by atoms with Gasteiger partial charge in [0.05, 0.1) is 63.3 Å². The summed E-state index contributed by atoms with van der Waals surface area (Å²) in [5, 5.41) is 15.3. The zero-order chi connectivity index (χ0) is 49.0. The SMILES string of the molecule is NCC(=O)NCCSc1c(NCCN=C(N)N)cc(C(F)(F)F)cc1NC(=O)c1cccc(C(=O)Nc2cc(C(F)(F)F)cc(NC(=O)CCCCN=C(N)N)c2SCCNC(=O)CN)c1. The molecule has 0 bridgehead atoms. The van der Waals surface area contributed by atoms with Gasteiger partial charge in [0.2, 0.25) is 17.7 Å². The first-order chi connectivity index (χ1) is 31.1. The monoisotopic (exact) mass is 972 g/mol. The summed E-state index contributed by atoms with van der Waals surface area (Å²) in [5.41, 5.74) is 28.1. The molecule has 19 nitrogen and oxygen atoms in total. The van der Waals surface area contributed by atoms with Crippen LogP contribution in [-0.4, -0.2) is 98.8 Å². The van der Waals surface area contributed by atoms with Crippen LogP contribution in [0.4, 0.5) is 49.1 Å². The van der Waals surface area contributed by atoms with Crippen LogP contribution in [0.15, 0.2) is 68.3 Å². The summed E-state index contributed by atoms with van der Waals surface area (Å²) in [6.07, 6.45) is -9.33. The minimum atomic E-state index is -4.96. The fourth-order valence-electron chi connectivity index (χ4n) is 5.52. The predicted octanol–water partition coefficient (Wildman–Crippen LogP) is 2.63. The number of hydrogen-bond acceptors (Lipinski definition) is 12.